The third kappa shape index (κ3) is 4.48. The van der Waals surface area contributed by atoms with Crippen molar-refractivity contribution in [3.63, 3.8) is 0 Å². The van der Waals surface area contributed by atoms with E-state index in [9.17, 15) is 8.78 Å². The van der Waals surface area contributed by atoms with E-state index in [-0.39, 0.29) is 12.7 Å². The van der Waals surface area contributed by atoms with Crippen molar-refractivity contribution >= 4 is 11.5 Å². The lowest BCUT2D eigenvalue weighted by Crippen LogP contribution is -2.06. The Morgan fingerprint density at radius 3 is 2.69 bits per heavy atom. The second-order valence-corrected chi connectivity index (χ2v) is 6.65. The number of hydrogen-bond donors (Lipinski definition) is 1. The number of benzene rings is 1. The first-order valence-corrected chi connectivity index (χ1v) is 9.02. The number of nitrogens with zero attached hydrogens (tertiary/aromatic N) is 3. The number of ether oxygens (including phenoxy) is 1. The highest BCUT2D eigenvalue weighted by Gasteiger charge is 2.25. The van der Waals surface area contributed by atoms with Crippen LogP contribution in [0.25, 0.3) is 0 Å². The Morgan fingerprint density at radius 2 is 1.93 bits per heavy atom. The van der Waals surface area contributed by atoms with E-state index in [0.717, 1.165) is 29.0 Å². The van der Waals surface area contributed by atoms with Gasteiger partial charge in [-0.3, -0.25) is 0 Å². The summed E-state index contributed by atoms with van der Waals surface area (Å²) in [5.41, 5.74) is 9.08. The fraction of sp³-hybridized carbons (Fsp3) is 0.190. The number of pyridine rings is 2. The Hall–Kier alpha value is -3.55. The minimum Gasteiger partial charge on any atom is -0.473 e. The zero-order valence-corrected chi connectivity index (χ0v) is 15.4. The van der Waals surface area contributed by atoms with Crippen molar-refractivity contribution in [2.24, 2.45) is 5.16 Å². The molecule has 6 nitrogen and oxygen atoms in total. The summed E-state index contributed by atoms with van der Waals surface area (Å²) in [6.45, 7) is 0.0955. The van der Waals surface area contributed by atoms with Gasteiger partial charge < -0.3 is 15.3 Å². The second-order valence-electron chi connectivity index (χ2n) is 6.65. The molecule has 1 atom stereocenters. The zero-order chi connectivity index (χ0) is 20.2. The van der Waals surface area contributed by atoms with Gasteiger partial charge in [-0.05, 0) is 35.4 Å². The van der Waals surface area contributed by atoms with Crippen LogP contribution in [0.15, 0.2) is 60.0 Å². The predicted molar refractivity (Wildman–Crippen MR) is 103 cm³/mol. The molecule has 3 heterocycles. The third-order valence-electron chi connectivity index (χ3n) is 4.52. The van der Waals surface area contributed by atoms with Crippen molar-refractivity contribution in [1.82, 2.24) is 9.97 Å². The molecule has 0 bridgehead atoms. The molecule has 4 rings (SSSR count). The molecule has 0 aliphatic carbocycles. The Morgan fingerprint density at radius 1 is 1.07 bits per heavy atom. The lowest BCUT2D eigenvalue weighted by molar-refractivity contribution is 0.0860. The van der Waals surface area contributed by atoms with Crippen LogP contribution >= 0.6 is 0 Å². The summed E-state index contributed by atoms with van der Waals surface area (Å²) in [6.07, 6.45) is 4.31. The fourth-order valence-electron chi connectivity index (χ4n) is 3.02. The van der Waals surface area contributed by atoms with E-state index in [0.29, 0.717) is 30.1 Å². The van der Waals surface area contributed by atoms with Gasteiger partial charge in [-0.25, -0.2) is 18.7 Å². The maximum Gasteiger partial charge on any atom is 0.213 e. The smallest absolute Gasteiger partial charge is 0.213 e. The van der Waals surface area contributed by atoms with E-state index in [4.69, 9.17) is 15.3 Å². The first kappa shape index (κ1) is 18.8. The number of halogens is 2. The first-order chi connectivity index (χ1) is 14.1. The lowest BCUT2D eigenvalue weighted by atomic mass is 10.0. The van der Waals surface area contributed by atoms with Gasteiger partial charge in [-0.15, -0.1) is 0 Å². The molecule has 148 valence electrons. The molecule has 0 fully saturated rings. The summed E-state index contributed by atoms with van der Waals surface area (Å²) < 4.78 is 31.7. The molecular weight excluding hydrogens is 378 g/mol. The van der Waals surface area contributed by atoms with Crippen molar-refractivity contribution in [2.45, 2.75) is 25.6 Å². The summed E-state index contributed by atoms with van der Waals surface area (Å²) in [4.78, 5) is 13.8. The van der Waals surface area contributed by atoms with Crippen molar-refractivity contribution in [1.29, 1.82) is 0 Å². The van der Waals surface area contributed by atoms with Crippen molar-refractivity contribution in [2.75, 3.05) is 5.73 Å². The Bertz CT molecular complexity index is 1040. The van der Waals surface area contributed by atoms with Crippen LogP contribution in [0.2, 0.25) is 0 Å². The topological polar surface area (TPSA) is 82.6 Å². The van der Waals surface area contributed by atoms with E-state index >= 15 is 0 Å². The molecule has 0 amide bonds. The number of aromatic nitrogens is 2. The van der Waals surface area contributed by atoms with Crippen LogP contribution in [0.4, 0.5) is 14.6 Å². The molecule has 1 unspecified atom stereocenters. The molecule has 2 N–H and O–H groups in total. The SMILES string of the molecule is Nc1ncccc1C1CC(Cc2ccc(OCc3ccc(F)c(F)c3)nc2)=NO1. The predicted octanol–water partition coefficient (Wildman–Crippen LogP) is 3.98. The van der Waals surface area contributed by atoms with Gasteiger partial charge in [0, 0.05) is 36.9 Å². The van der Waals surface area contributed by atoms with Gasteiger partial charge in [0.25, 0.3) is 0 Å². The summed E-state index contributed by atoms with van der Waals surface area (Å²) in [5.74, 6) is -0.953. The normalized spacial score (nSPS) is 15.7. The summed E-state index contributed by atoms with van der Waals surface area (Å²) in [7, 11) is 0. The summed E-state index contributed by atoms with van der Waals surface area (Å²) in [5, 5.41) is 4.15. The average Bonchev–Trinajstić information content (AvgIpc) is 3.18. The van der Waals surface area contributed by atoms with E-state index in [1.165, 1.54) is 6.07 Å². The first-order valence-electron chi connectivity index (χ1n) is 9.02. The van der Waals surface area contributed by atoms with Crippen molar-refractivity contribution in [3.8, 4) is 5.88 Å². The minimum absolute atomic E-state index is 0.0955. The van der Waals surface area contributed by atoms with Crippen LogP contribution in [-0.4, -0.2) is 15.7 Å². The number of nitrogens with two attached hydrogens (primary N) is 1. The van der Waals surface area contributed by atoms with Crippen molar-refractivity contribution in [3.05, 3.63) is 83.2 Å². The van der Waals surface area contributed by atoms with Gasteiger partial charge >= 0.3 is 0 Å². The van der Waals surface area contributed by atoms with E-state index < -0.39 is 11.6 Å². The average molecular weight is 396 g/mol. The number of hydrogen-bond acceptors (Lipinski definition) is 6. The van der Waals surface area contributed by atoms with Crippen LogP contribution in [0.3, 0.4) is 0 Å². The largest absolute Gasteiger partial charge is 0.473 e. The number of rotatable bonds is 6. The van der Waals surface area contributed by atoms with Crippen LogP contribution < -0.4 is 10.5 Å². The second kappa shape index (κ2) is 8.22. The molecule has 0 radical (unpaired) electrons. The van der Waals surface area contributed by atoms with Crippen LogP contribution in [0.5, 0.6) is 5.88 Å². The molecular formula is C21H18F2N4O2. The van der Waals surface area contributed by atoms with E-state index in [1.54, 1.807) is 18.5 Å². The molecule has 1 aromatic carbocycles. The molecule has 3 aromatic rings. The fourth-order valence-corrected chi connectivity index (χ4v) is 3.02. The van der Waals surface area contributed by atoms with Gasteiger partial charge in [-0.1, -0.05) is 17.3 Å². The number of anilines is 1. The maximum absolute atomic E-state index is 13.2. The quantitative estimate of drug-likeness (QED) is 0.682. The monoisotopic (exact) mass is 396 g/mol. The van der Waals surface area contributed by atoms with Crippen LogP contribution in [0, 0.1) is 11.6 Å². The molecule has 0 saturated carbocycles. The van der Waals surface area contributed by atoms with Crippen LogP contribution in [0.1, 0.15) is 29.2 Å². The Balaban J connectivity index is 1.32. The summed E-state index contributed by atoms with van der Waals surface area (Å²) >= 11 is 0. The Kier molecular flexibility index (Phi) is 5.33. The summed E-state index contributed by atoms with van der Waals surface area (Å²) in [6, 6.07) is 10.9. The highest BCUT2D eigenvalue weighted by Crippen LogP contribution is 2.30. The molecule has 1 aliphatic rings. The minimum atomic E-state index is -0.902. The molecule has 0 spiro atoms. The van der Waals surface area contributed by atoms with Gasteiger partial charge in [0.1, 0.15) is 12.4 Å². The van der Waals surface area contributed by atoms with Gasteiger partial charge in [0.2, 0.25) is 5.88 Å². The molecule has 8 heteroatoms. The van der Waals surface area contributed by atoms with Crippen LogP contribution in [-0.2, 0) is 17.9 Å². The van der Waals surface area contributed by atoms with Gasteiger partial charge in [0.05, 0.1) is 5.71 Å². The zero-order valence-electron chi connectivity index (χ0n) is 15.4. The highest BCUT2D eigenvalue weighted by atomic mass is 19.2. The van der Waals surface area contributed by atoms with E-state index in [1.807, 2.05) is 18.2 Å². The lowest BCUT2D eigenvalue weighted by Gasteiger charge is -2.10. The van der Waals surface area contributed by atoms with Gasteiger partial charge in [-0.2, -0.15) is 0 Å². The third-order valence-corrected chi connectivity index (χ3v) is 4.52. The van der Waals surface area contributed by atoms with Gasteiger partial charge in [0.15, 0.2) is 17.7 Å². The van der Waals surface area contributed by atoms with Crippen molar-refractivity contribution < 1.29 is 18.4 Å². The molecule has 0 saturated heterocycles. The molecule has 2 aromatic heterocycles. The molecule has 1 aliphatic heterocycles. The highest BCUT2D eigenvalue weighted by molar-refractivity contribution is 5.87. The number of nitrogen functional groups attached to an aromatic ring is 1. The Labute approximate surface area is 166 Å². The maximum atomic E-state index is 13.2. The number of oxime groups is 1. The standard InChI is InChI=1S/C21H18F2N4O2/c22-17-5-3-14(9-18(17)23)12-28-20-6-4-13(11-26-20)8-15-10-19(29-27-15)16-2-1-7-25-21(16)24/h1-7,9,11,19H,8,10,12H2,(H2,24,25). The molecule has 29 heavy (non-hydrogen) atoms. The van der Waals surface area contributed by atoms with E-state index in [2.05, 4.69) is 15.1 Å².